The summed E-state index contributed by atoms with van der Waals surface area (Å²) in [6, 6.07) is 3.30. The van der Waals surface area contributed by atoms with Crippen molar-refractivity contribution in [3.05, 3.63) is 29.3 Å². The van der Waals surface area contributed by atoms with Crippen molar-refractivity contribution in [1.82, 2.24) is 4.98 Å². The Morgan fingerprint density at radius 3 is 2.88 bits per heavy atom. The van der Waals surface area contributed by atoms with Gasteiger partial charge in [0.05, 0.1) is 15.8 Å². The Morgan fingerprint density at radius 1 is 1.44 bits per heavy atom. The quantitative estimate of drug-likeness (QED) is 0.727. The predicted octanol–water partition coefficient (Wildman–Crippen LogP) is 2.97. The van der Waals surface area contributed by atoms with Gasteiger partial charge in [0, 0.05) is 11.6 Å². The van der Waals surface area contributed by atoms with Crippen molar-refractivity contribution in [2.45, 2.75) is 6.36 Å². The van der Waals surface area contributed by atoms with E-state index in [-0.39, 0.29) is 11.1 Å². The molecular weight excluding hydrogens is 243 g/mol. The molecule has 2 rings (SSSR count). The van der Waals surface area contributed by atoms with E-state index < -0.39 is 12.3 Å². The van der Waals surface area contributed by atoms with Crippen molar-refractivity contribution in [2.75, 3.05) is 0 Å². The van der Waals surface area contributed by atoms with Gasteiger partial charge in [-0.3, -0.25) is 4.98 Å². The van der Waals surface area contributed by atoms with Crippen molar-refractivity contribution in [1.29, 1.82) is 0 Å². The van der Waals surface area contributed by atoms with Crippen molar-refractivity contribution >= 4 is 27.5 Å². The monoisotopic (exact) mass is 247 g/mol. The maximum atomic E-state index is 11.8. The molecule has 2 aromatic heterocycles. The third-order valence-corrected chi connectivity index (χ3v) is 2.69. The van der Waals surface area contributed by atoms with Crippen LogP contribution in [0.25, 0.3) is 10.2 Å². The second-order valence-electron chi connectivity index (χ2n) is 2.83. The van der Waals surface area contributed by atoms with Gasteiger partial charge in [0.15, 0.2) is 0 Å². The summed E-state index contributed by atoms with van der Waals surface area (Å²) < 4.78 is 39.5. The Labute approximate surface area is 91.5 Å². The Balaban J connectivity index is 2.37. The van der Waals surface area contributed by atoms with Crippen LogP contribution in [0.3, 0.4) is 0 Å². The molecule has 0 bridgehead atoms. The van der Waals surface area contributed by atoms with Gasteiger partial charge in [-0.1, -0.05) is 0 Å². The molecule has 0 saturated carbocycles. The summed E-state index contributed by atoms with van der Waals surface area (Å²) in [5.41, 5.74) is 0.0553. The number of hydrogen-bond acceptors (Lipinski definition) is 4. The summed E-state index contributed by atoms with van der Waals surface area (Å²) in [6.45, 7) is 0. The smallest absolute Gasteiger partial charge is 0.369 e. The molecule has 2 aromatic rings. The standard InChI is InChI=1S/C9H4F3NO2S/c10-9(11,12)15-8(14)5-4-16-6-2-1-3-13-7(5)6/h1-4H. The van der Waals surface area contributed by atoms with E-state index in [2.05, 4.69) is 9.72 Å². The molecule has 0 fully saturated rings. The Morgan fingerprint density at radius 2 is 2.19 bits per heavy atom. The van der Waals surface area contributed by atoms with Crippen LogP contribution in [-0.4, -0.2) is 17.3 Å². The molecular formula is C9H4F3NO2S. The molecule has 0 aliphatic rings. The molecule has 0 aromatic carbocycles. The molecule has 0 saturated heterocycles. The van der Waals surface area contributed by atoms with Crippen LogP contribution in [0.5, 0.6) is 0 Å². The second-order valence-corrected chi connectivity index (χ2v) is 3.75. The highest BCUT2D eigenvalue weighted by molar-refractivity contribution is 7.17. The minimum absolute atomic E-state index is 0.169. The molecule has 0 unspecified atom stereocenters. The number of pyridine rings is 1. The van der Waals surface area contributed by atoms with Crippen LogP contribution >= 0.6 is 11.3 Å². The largest absolute Gasteiger partial charge is 0.575 e. The lowest BCUT2D eigenvalue weighted by atomic mass is 10.3. The number of nitrogens with zero attached hydrogens (tertiary/aromatic N) is 1. The average Bonchev–Trinajstić information content (AvgIpc) is 2.58. The van der Waals surface area contributed by atoms with Crippen LogP contribution in [-0.2, 0) is 4.74 Å². The summed E-state index contributed by atoms with van der Waals surface area (Å²) in [7, 11) is 0. The Bertz CT molecular complexity index is 535. The maximum Gasteiger partial charge on any atom is 0.575 e. The Hall–Kier alpha value is -1.63. The lowest BCUT2D eigenvalue weighted by Crippen LogP contribution is -2.19. The minimum atomic E-state index is -4.97. The SMILES string of the molecule is O=C(OC(F)(F)F)c1csc2cccnc12. The van der Waals surface area contributed by atoms with Crippen molar-refractivity contribution in [2.24, 2.45) is 0 Å². The van der Waals surface area contributed by atoms with Gasteiger partial charge in [-0.05, 0) is 12.1 Å². The highest BCUT2D eigenvalue weighted by Crippen LogP contribution is 2.26. The predicted molar refractivity (Wildman–Crippen MR) is 51.1 cm³/mol. The van der Waals surface area contributed by atoms with Gasteiger partial charge in [0.1, 0.15) is 0 Å². The molecule has 3 nitrogen and oxygen atoms in total. The minimum Gasteiger partial charge on any atom is -0.369 e. The van der Waals surface area contributed by atoms with Crippen LogP contribution in [0.2, 0.25) is 0 Å². The molecule has 0 atom stereocenters. The average molecular weight is 247 g/mol. The van der Waals surface area contributed by atoms with Crippen LogP contribution in [0.1, 0.15) is 10.4 Å². The first-order valence-corrected chi connectivity index (χ1v) is 4.97. The van der Waals surface area contributed by atoms with E-state index in [0.29, 0.717) is 4.70 Å². The van der Waals surface area contributed by atoms with E-state index >= 15 is 0 Å². The third kappa shape index (κ3) is 2.13. The van der Waals surface area contributed by atoms with E-state index in [0.717, 1.165) is 11.3 Å². The summed E-state index contributed by atoms with van der Waals surface area (Å²) >= 11 is 1.14. The zero-order valence-electron chi connectivity index (χ0n) is 7.62. The summed E-state index contributed by atoms with van der Waals surface area (Å²) in [5.74, 6) is -1.43. The zero-order chi connectivity index (χ0) is 11.8. The number of rotatable bonds is 1. The van der Waals surface area contributed by atoms with Crippen LogP contribution in [0.4, 0.5) is 13.2 Å². The van der Waals surface area contributed by atoms with Crippen LogP contribution in [0.15, 0.2) is 23.7 Å². The first-order valence-electron chi connectivity index (χ1n) is 4.09. The number of aromatic nitrogens is 1. The first kappa shape index (κ1) is 10.9. The zero-order valence-corrected chi connectivity index (χ0v) is 8.43. The number of halogens is 3. The lowest BCUT2D eigenvalue weighted by molar-refractivity contribution is -0.291. The number of fused-ring (bicyclic) bond motifs is 1. The summed E-state index contributed by atoms with van der Waals surface area (Å²) in [6.07, 6.45) is -3.57. The van der Waals surface area contributed by atoms with E-state index in [1.165, 1.54) is 11.6 Å². The molecule has 84 valence electrons. The number of ether oxygens (including phenoxy) is 1. The van der Waals surface area contributed by atoms with Gasteiger partial charge in [0.2, 0.25) is 0 Å². The molecule has 0 radical (unpaired) electrons. The Kier molecular flexibility index (Phi) is 2.55. The fourth-order valence-electron chi connectivity index (χ4n) is 1.17. The highest BCUT2D eigenvalue weighted by atomic mass is 32.1. The van der Waals surface area contributed by atoms with E-state index in [1.54, 1.807) is 12.1 Å². The molecule has 0 spiro atoms. The lowest BCUT2D eigenvalue weighted by Gasteiger charge is -2.05. The molecule has 0 amide bonds. The molecule has 0 aliphatic heterocycles. The molecule has 16 heavy (non-hydrogen) atoms. The number of hydrogen-bond donors (Lipinski definition) is 0. The number of carbonyl (C=O) groups excluding carboxylic acids is 1. The second kappa shape index (κ2) is 3.75. The third-order valence-electron chi connectivity index (χ3n) is 1.76. The van der Waals surface area contributed by atoms with Crippen LogP contribution < -0.4 is 0 Å². The van der Waals surface area contributed by atoms with Crippen molar-refractivity contribution in [3.8, 4) is 0 Å². The number of thiophene rings is 1. The molecule has 7 heteroatoms. The van der Waals surface area contributed by atoms with Gasteiger partial charge in [-0.25, -0.2) is 4.79 Å². The van der Waals surface area contributed by atoms with Gasteiger partial charge < -0.3 is 4.74 Å². The summed E-state index contributed by atoms with van der Waals surface area (Å²) in [4.78, 5) is 15.0. The van der Waals surface area contributed by atoms with Gasteiger partial charge in [-0.2, -0.15) is 0 Å². The van der Waals surface area contributed by atoms with Crippen molar-refractivity contribution < 1.29 is 22.7 Å². The first-order chi connectivity index (χ1) is 7.47. The molecule has 0 aliphatic carbocycles. The fourth-order valence-corrected chi connectivity index (χ4v) is 2.06. The maximum absolute atomic E-state index is 11.8. The van der Waals surface area contributed by atoms with E-state index in [4.69, 9.17) is 0 Å². The van der Waals surface area contributed by atoms with Crippen LogP contribution in [0, 0.1) is 0 Å². The topological polar surface area (TPSA) is 39.2 Å². The highest BCUT2D eigenvalue weighted by Gasteiger charge is 2.35. The van der Waals surface area contributed by atoms with Gasteiger partial charge in [0.25, 0.3) is 0 Å². The number of esters is 1. The fraction of sp³-hybridized carbons (Fsp3) is 0.111. The number of carbonyl (C=O) groups is 1. The molecule has 2 heterocycles. The van der Waals surface area contributed by atoms with Gasteiger partial charge >= 0.3 is 12.3 Å². The van der Waals surface area contributed by atoms with E-state index in [9.17, 15) is 18.0 Å². The normalized spacial score (nSPS) is 11.7. The summed E-state index contributed by atoms with van der Waals surface area (Å²) in [5, 5.41) is 1.30. The van der Waals surface area contributed by atoms with Gasteiger partial charge in [-0.15, -0.1) is 24.5 Å². The van der Waals surface area contributed by atoms with E-state index in [1.807, 2.05) is 0 Å². The number of alkyl halides is 3. The molecule has 0 N–H and O–H groups in total. The van der Waals surface area contributed by atoms with Crippen molar-refractivity contribution in [3.63, 3.8) is 0 Å².